The van der Waals surface area contributed by atoms with Gasteiger partial charge in [0.1, 0.15) is 11.5 Å². The molecule has 0 saturated heterocycles. The normalized spacial score (nSPS) is 12.2. The minimum atomic E-state index is -0.0342. The summed E-state index contributed by atoms with van der Waals surface area (Å²) in [5.41, 5.74) is 2.09. The van der Waals surface area contributed by atoms with Crippen molar-refractivity contribution in [3.05, 3.63) is 58.1 Å². The van der Waals surface area contributed by atoms with E-state index in [4.69, 9.17) is 4.74 Å². The maximum atomic E-state index is 9.34. The Morgan fingerprint density at radius 3 is 2.45 bits per heavy atom. The van der Waals surface area contributed by atoms with Crippen molar-refractivity contribution >= 4 is 15.9 Å². The molecule has 1 unspecified atom stereocenters. The third-order valence-corrected chi connectivity index (χ3v) is 3.98. The van der Waals surface area contributed by atoms with Gasteiger partial charge in [-0.2, -0.15) is 0 Å². The maximum Gasteiger partial charge on any atom is 0.134 e. The third-order valence-electron chi connectivity index (χ3n) is 3.49. The Morgan fingerprint density at radius 1 is 1.15 bits per heavy atom. The highest BCUT2D eigenvalue weighted by molar-refractivity contribution is 9.10. The fraction of sp³-hybridized carbons (Fsp3) is 0.294. The van der Waals surface area contributed by atoms with Crippen LogP contribution in [0.25, 0.3) is 0 Å². The summed E-state index contributed by atoms with van der Waals surface area (Å²) >= 11 is 3.42. The summed E-state index contributed by atoms with van der Waals surface area (Å²) in [6.07, 6.45) is 1.13. The predicted octanol–water partition coefficient (Wildman–Crippen LogP) is 5.25. The van der Waals surface area contributed by atoms with Crippen LogP contribution in [0.5, 0.6) is 11.5 Å². The van der Waals surface area contributed by atoms with Crippen LogP contribution in [0.1, 0.15) is 37.3 Å². The quantitative estimate of drug-likeness (QED) is 0.809. The first kappa shape index (κ1) is 15.1. The highest BCUT2D eigenvalue weighted by atomic mass is 79.9. The Bertz CT molecular complexity index is 564. The molecule has 2 aromatic rings. The van der Waals surface area contributed by atoms with Gasteiger partial charge in [0.2, 0.25) is 0 Å². The number of ether oxygens (including phenoxy) is 1. The number of aliphatic hydroxyl groups is 1. The lowest BCUT2D eigenvalue weighted by Gasteiger charge is -2.12. The van der Waals surface area contributed by atoms with Crippen LogP contribution in [-0.4, -0.2) is 5.11 Å². The van der Waals surface area contributed by atoms with E-state index in [0.717, 1.165) is 22.2 Å². The summed E-state index contributed by atoms with van der Waals surface area (Å²) < 4.78 is 6.79. The molecule has 0 aliphatic rings. The topological polar surface area (TPSA) is 29.5 Å². The van der Waals surface area contributed by atoms with E-state index in [1.165, 1.54) is 5.56 Å². The van der Waals surface area contributed by atoms with Gasteiger partial charge in [0, 0.05) is 10.0 Å². The fourth-order valence-electron chi connectivity index (χ4n) is 1.98. The Hall–Kier alpha value is -1.32. The SMILES string of the molecule is CCC(C)c1ccc(Oc2cc(Br)ccc2CO)cc1. The lowest BCUT2D eigenvalue weighted by molar-refractivity contribution is 0.276. The molecule has 20 heavy (non-hydrogen) atoms. The van der Waals surface area contributed by atoms with E-state index in [0.29, 0.717) is 11.7 Å². The molecule has 2 nitrogen and oxygen atoms in total. The van der Waals surface area contributed by atoms with Crippen LogP contribution < -0.4 is 4.74 Å². The predicted molar refractivity (Wildman–Crippen MR) is 85.3 cm³/mol. The number of halogens is 1. The monoisotopic (exact) mass is 334 g/mol. The Balaban J connectivity index is 2.20. The molecule has 2 aromatic carbocycles. The van der Waals surface area contributed by atoms with Crippen LogP contribution in [0, 0.1) is 0 Å². The van der Waals surface area contributed by atoms with Crippen LogP contribution >= 0.6 is 15.9 Å². The molecule has 0 amide bonds. The molecule has 0 bridgehead atoms. The van der Waals surface area contributed by atoms with Gasteiger partial charge in [-0.15, -0.1) is 0 Å². The van der Waals surface area contributed by atoms with Gasteiger partial charge in [-0.05, 0) is 42.2 Å². The zero-order valence-corrected chi connectivity index (χ0v) is 13.4. The molecule has 3 heteroatoms. The minimum Gasteiger partial charge on any atom is -0.457 e. The van der Waals surface area contributed by atoms with Gasteiger partial charge in [-0.25, -0.2) is 0 Å². The van der Waals surface area contributed by atoms with Gasteiger partial charge in [0.15, 0.2) is 0 Å². The second-order valence-electron chi connectivity index (χ2n) is 4.89. The zero-order chi connectivity index (χ0) is 14.5. The van der Waals surface area contributed by atoms with E-state index in [2.05, 4.69) is 41.9 Å². The van der Waals surface area contributed by atoms with Crippen molar-refractivity contribution in [3.63, 3.8) is 0 Å². The second kappa shape index (κ2) is 6.91. The molecule has 1 atom stereocenters. The molecule has 0 heterocycles. The van der Waals surface area contributed by atoms with Gasteiger partial charge in [-0.1, -0.05) is 48.0 Å². The average Bonchev–Trinajstić information content (AvgIpc) is 2.47. The fourth-order valence-corrected chi connectivity index (χ4v) is 2.32. The number of benzene rings is 2. The summed E-state index contributed by atoms with van der Waals surface area (Å²) in [4.78, 5) is 0. The minimum absolute atomic E-state index is 0.0342. The van der Waals surface area contributed by atoms with E-state index >= 15 is 0 Å². The van der Waals surface area contributed by atoms with Crippen molar-refractivity contribution < 1.29 is 9.84 Å². The van der Waals surface area contributed by atoms with Gasteiger partial charge in [0.25, 0.3) is 0 Å². The first-order valence-corrected chi connectivity index (χ1v) is 7.60. The van der Waals surface area contributed by atoms with E-state index < -0.39 is 0 Å². The first-order chi connectivity index (χ1) is 9.63. The Morgan fingerprint density at radius 2 is 1.85 bits per heavy atom. The van der Waals surface area contributed by atoms with E-state index in [1.54, 1.807) is 0 Å². The number of hydrogen-bond donors (Lipinski definition) is 1. The molecule has 0 fully saturated rings. The molecular formula is C17H19BrO2. The smallest absolute Gasteiger partial charge is 0.134 e. The Kier molecular flexibility index (Phi) is 5.21. The van der Waals surface area contributed by atoms with Crippen molar-refractivity contribution in [2.45, 2.75) is 32.8 Å². The molecule has 0 radical (unpaired) electrons. The Labute approximate surface area is 128 Å². The summed E-state index contributed by atoms with van der Waals surface area (Å²) in [5.74, 6) is 2.02. The number of rotatable bonds is 5. The lowest BCUT2D eigenvalue weighted by Crippen LogP contribution is -1.93. The molecule has 0 aromatic heterocycles. The number of aliphatic hydroxyl groups excluding tert-OH is 1. The van der Waals surface area contributed by atoms with Crippen LogP contribution in [0.3, 0.4) is 0 Å². The van der Waals surface area contributed by atoms with Crippen molar-refractivity contribution in [1.29, 1.82) is 0 Å². The highest BCUT2D eigenvalue weighted by Gasteiger charge is 2.07. The molecule has 106 valence electrons. The van der Waals surface area contributed by atoms with Crippen molar-refractivity contribution in [2.75, 3.05) is 0 Å². The molecule has 0 spiro atoms. The molecule has 2 rings (SSSR count). The zero-order valence-electron chi connectivity index (χ0n) is 11.8. The number of hydrogen-bond acceptors (Lipinski definition) is 2. The summed E-state index contributed by atoms with van der Waals surface area (Å²) in [6, 6.07) is 13.8. The van der Waals surface area contributed by atoms with Crippen LogP contribution in [0.15, 0.2) is 46.9 Å². The summed E-state index contributed by atoms with van der Waals surface area (Å²) in [6.45, 7) is 4.37. The largest absolute Gasteiger partial charge is 0.457 e. The van der Waals surface area contributed by atoms with Gasteiger partial charge in [-0.3, -0.25) is 0 Å². The summed E-state index contributed by atoms with van der Waals surface area (Å²) in [5, 5.41) is 9.34. The van der Waals surface area contributed by atoms with E-state index in [1.807, 2.05) is 30.3 Å². The second-order valence-corrected chi connectivity index (χ2v) is 5.81. The molecule has 1 N–H and O–H groups in total. The van der Waals surface area contributed by atoms with Crippen molar-refractivity contribution in [2.24, 2.45) is 0 Å². The molecule has 0 aliphatic heterocycles. The molecular weight excluding hydrogens is 316 g/mol. The van der Waals surface area contributed by atoms with Crippen molar-refractivity contribution in [1.82, 2.24) is 0 Å². The third kappa shape index (κ3) is 3.62. The standard InChI is InChI=1S/C17H19BrO2/c1-3-12(2)13-5-8-16(9-6-13)20-17-10-15(18)7-4-14(17)11-19/h4-10,12,19H,3,11H2,1-2H3. The lowest BCUT2D eigenvalue weighted by atomic mass is 9.99. The van der Waals surface area contributed by atoms with Crippen LogP contribution in [0.4, 0.5) is 0 Å². The van der Waals surface area contributed by atoms with E-state index in [-0.39, 0.29) is 6.61 Å². The van der Waals surface area contributed by atoms with Crippen LogP contribution in [-0.2, 0) is 6.61 Å². The summed E-state index contributed by atoms with van der Waals surface area (Å²) in [7, 11) is 0. The van der Waals surface area contributed by atoms with Gasteiger partial charge < -0.3 is 9.84 Å². The van der Waals surface area contributed by atoms with Gasteiger partial charge in [0.05, 0.1) is 6.61 Å². The molecule has 0 saturated carbocycles. The first-order valence-electron chi connectivity index (χ1n) is 6.81. The average molecular weight is 335 g/mol. The van der Waals surface area contributed by atoms with Crippen molar-refractivity contribution in [3.8, 4) is 11.5 Å². The van der Waals surface area contributed by atoms with E-state index in [9.17, 15) is 5.11 Å². The van der Waals surface area contributed by atoms with Gasteiger partial charge >= 0.3 is 0 Å². The molecule has 0 aliphatic carbocycles. The maximum absolute atomic E-state index is 9.34. The highest BCUT2D eigenvalue weighted by Crippen LogP contribution is 2.30. The van der Waals surface area contributed by atoms with Crippen LogP contribution in [0.2, 0.25) is 0 Å².